The zero-order valence-corrected chi connectivity index (χ0v) is 12.9. The van der Waals surface area contributed by atoms with Crippen LogP contribution in [0.1, 0.15) is 11.7 Å². The number of ether oxygens (including phenoxy) is 1. The average Bonchev–Trinajstić information content (AvgIpc) is 2.39. The summed E-state index contributed by atoms with van der Waals surface area (Å²) < 4.78 is 7.65. The van der Waals surface area contributed by atoms with Crippen molar-refractivity contribution in [3.63, 3.8) is 0 Å². The zero-order chi connectivity index (χ0) is 13.4. The number of benzene rings is 2. The van der Waals surface area contributed by atoms with Gasteiger partial charge in [0.05, 0.1) is 5.69 Å². The van der Waals surface area contributed by atoms with Crippen molar-refractivity contribution in [1.82, 2.24) is 0 Å². The molecule has 0 radical (unpaired) electrons. The van der Waals surface area contributed by atoms with Crippen LogP contribution in [0.15, 0.2) is 51.4 Å². The van der Waals surface area contributed by atoms with Crippen LogP contribution in [0, 0.1) is 0 Å². The molecule has 3 rings (SSSR count). The quantitative estimate of drug-likeness (QED) is 0.799. The van der Waals surface area contributed by atoms with E-state index in [1.54, 1.807) is 0 Å². The van der Waals surface area contributed by atoms with Crippen molar-refractivity contribution in [3.05, 3.63) is 57.0 Å². The van der Waals surface area contributed by atoms with Crippen LogP contribution in [0.2, 0.25) is 0 Å². The predicted octanol–water partition coefficient (Wildman–Crippen LogP) is 4.28. The van der Waals surface area contributed by atoms with Gasteiger partial charge in [-0.1, -0.05) is 44.0 Å². The van der Waals surface area contributed by atoms with Crippen LogP contribution in [0.25, 0.3) is 0 Å². The third-order valence-corrected chi connectivity index (χ3v) is 3.88. The molecule has 0 aromatic heterocycles. The molecule has 0 aliphatic carbocycles. The van der Waals surface area contributed by atoms with Gasteiger partial charge in [-0.05, 0) is 30.3 Å². The molecular formula is C14H9Br2NO2. The number of hydrogen-bond acceptors (Lipinski definition) is 2. The molecule has 0 bridgehead atoms. The van der Waals surface area contributed by atoms with Crippen LogP contribution in [0.4, 0.5) is 5.69 Å². The van der Waals surface area contributed by atoms with Gasteiger partial charge in [-0.25, -0.2) is 0 Å². The van der Waals surface area contributed by atoms with E-state index in [1.165, 1.54) is 0 Å². The highest BCUT2D eigenvalue weighted by Gasteiger charge is 2.29. The summed E-state index contributed by atoms with van der Waals surface area (Å²) in [5.41, 5.74) is 1.52. The van der Waals surface area contributed by atoms with Gasteiger partial charge in [0.15, 0.2) is 0 Å². The first-order valence-corrected chi connectivity index (χ1v) is 7.24. The molecule has 0 saturated heterocycles. The molecule has 1 amide bonds. The Bertz CT molecular complexity index is 640. The Morgan fingerprint density at radius 2 is 1.68 bits per heavy atom. The molecule has 1 heterocycles. The van der Waals surface area contributed by atoms with E-state index in [4.69, 9.17) is 4.74 Å². The summed E-state index contributed by atoms with van der Waals surface area (Å²) in [6.07, 6.45) is -0.609. The van der Waals surface area contributed by atoms with E-state index in [0.717, 1.165) is 14.5 Å². The Morgan fingerprint density at radius 1 is 1.00 bits per heavy atom. The highest BCUT2D eigenvalue weighted by molar-refractivity contribution is 9.10. The van der Waals surface area contributed by atoms with E-state index in [1.807, 2.05) is 42.5 Å². The molecule has 1 aliphatic heterocycles. The van der Waals surface area contributed by atoms with E-state index in [2.05, 4.69) is 37.2 Å². The molecule has 0 spiro atoms. The minimum atomic E-state index is -0.609. The number of carbonyl (C=O) groups is 1. The van der Waals surface area contributed by atoms with Gasteiger partial charge >= 0.3 is 0 Å². The SMILES string of the molecule is O=C1Nc2cc(Br)ccc2O[C@H]1c1ccc(Br)cc1. The summed E-state index contributed by atoms with van der Waals surface area (Å²) in [6.45, 7) is 0. The Kier molecular flexibility index (Phi) is 3.33. The van der Waals surface area contributed by atoms with Crippen LogP contribution in [0.3, 0.4) is 0 Å². The normalized spacial score (nSPS) is 17.4. The van der Waals surface area contributed by atoms with Gasteiger partial charge < -0.3 is 10.1 Å². The predicted molar refractivity (Wildman–Crippen MR) is 80.3 cm³/mol. The summed E-state index contributed by atoms with van der Waals surface area (Å²) in [4.78, 5) is 12.1. The second kappa shape index (κ2) is 4.98. The van der Waals surface area contributed by atoms with Gasteiger partial charge in [0, 0.05) is 14.5 Å². The molecule has 0 unspecified atom stereocenters. The number of hydrogen-bond donors (Lipinski definition) is 1. The number of rotatable bonds is 1. The van der Waals surface area contributed by atoms with Gasteiger partial charge in [-0.3, -0.25) is 4.79 Å². The lowest BCUT2D eigenvalue weighted by atomic mass is 10.1. The maximum atomic E-state index is 12.1. The molecule has 2 aromatic carbocycles. The van der Waals surface area contributed by atoms with Gasteiger partial charge in [-0.2, -0.15) is 0 Å². The van der Waals surface area contributed by atoms with Crippen LogP contribution in [-0.2, 0) is 4.79 Å². The summed E-state index contributed by atoms with van der Waals surface area (Å²) >= 11 is 6.74. The third kappa shape index (κ3) is 2.53. The fourth-order valence-corrected chi connectivity index (χ4v) is 2.56. The lowest BCUT2D eigenvalue weighted by Gasteiger charge is -2.26. The van der Waals surface area contributed by atoms with Crippen LogP contribution < -0.4 is 10.1 Å². The monoisotopic (exact) mass is 381 g/mol. The number of amides is 1. The minimum absolute atomic E-state index is 0.159. The summed E-state index contributed by atoms with van der Waals surface area (Å²) in [7, 11) is 0. The molecule has 19 heavy (non-hydrogen) atoms. The maximum Gasteiger partial charge on any atom is 0.270 e. The molecule has 2 aromatic rings. The van der Waals surface area contributed by atoms with Crippen molar-refractivity contribution in [2.24, 2.45) is 0 Å². The third-order valence-electron chi connectivity index (χ3n) is 2.86. The maximum absolute atomic E-state index is 12.1. The lowest BCUT2D eigenvalue weighted by molar-refractivity contribution is -0.123. The Hall–Kier alpha value is -1.33. The summed E-state index contributed by atoms with van der Waals surface area (Å²) in [6, 6.07) is 13.1. The molecule has 1 N–H and O–H groups in total. The highest BCUT2D eigenvalue weighted by atomic mass is 79.9. The Morgan fingerprint density at radius 3 is 2.42 bits per heavy atom. The van der Waals surface area contributed by atoms with E-state index < -0.39 is 6.10 Å². The number of nitrogens with one attached hydrogen (secondary N) is 1. The molecular weight excluding hydrogens is 374 g/mol. The summed E-state index contributed by atoms with van der Waals surface area (Å²) in [5, 5.41) is 2.86. The van der Waals surface area contributed by atoms with Crippen molar-refractivity contribution in [3.8, 4) is 5.75 Å². The first-order valence-electron chi connectivity index (χ1n) is 5.66. The van der Waals surface area contributed by atoms with Gasteiger partial charge in [0.25, 0.3) is 5.91 Å². The first-order chi connectivity index (χ1) is 9.13. The fraction of sp³-hybridized carbons (Fsp3) is 0.0714. The summed E-state index contributed by atoms with van der Waals surface area (Å²) in [5.74, 6) is 0.517. The van der Waals surface area contributed by atoms with Gasteiger partial charge in [0.1, 0.15) is 5.75 Å². The zero-order valence-electron chi connectivity index (χ0n) is 9.69. The van der Waals surface area contributed by atoms with Gasteiger partial charge in [-0.15, -0.1) is 0 Å². The largest absolute Gasteiger partial charge is 0.474 e. The van der Waals surface area contributed by atoms with Crippen LogP contribution in [-0.4, -0.2) is 5.91 Å². The molecule has 1 aliphatic rings. The van der Waals surface area contributed by atoms with Crippen LogP contribution >= 0.6 is 31.9 Å². The van der Waals surface area contributed by atoms with Crippen molar-refractivity contribution in [2.75, 3.05) is 5.32 Å². The molecule has 5 heteroatoms. The molecule has 96 valence electrons. The Balaban J connectivity index is 1.95. The highest BCUT2D eigenvalue weighted by Crippen LogP contribution is 2.36. The van der Waals surface area contributed by atoms with Crippen molar-refractivity contribution in [1.29, 1.82) is 0 Å². The Labute approximate surface area is 127 Å². The average molecular weight is 383 g/mol. The van der Waals surface area contributed by atoms with Crippen molar-refractivity contribution < 1.29 is 9.53 Å². The van der Waals surface area contributed by atoms with E-state index in [-0.39, 0.29) is 5.91 Å². The lowest BCUT2D eigenvalue weighted by Crippen LogP contribution is -2.30. The van der Waals surface area contributed by atoms with Crippen molar-refractivity contribution in [2.45, 2.75) is 6.10 Å². The molecule has 3 nitrogen and oxygen atoms in total. The van der Waals surface area contributed by atoms with Crippen molar-refractivity contribution >= 4 is 43.5 Å². The van der Waals surface area contributed by atoms with E-state index >= 15 is 0 Å². The second-order valence-corrected chi connectivity index (χ2v) is 6.01. The topological polar surface area (TPSA) is 38.3 Å². The van der Waals surface area contributed by atoms with Gasteiger partial charge in [0.2, 0.25) is 6.10 Å². The fourth-order valence-electron chi connectivity index (χ4n) is 1.94. The number of anilines is 1. The standard InChI is InChI=1S/C14H9Br2NO2/c15-9-3-1-8(2-4-9)13-14(18)17-11-7-10(16)5-6-12(11)19-13/h1-7,13H,(H,17,18)/t13-/m0/s1. The smallest absolute Gasteiger partial charge is 0.270 e. The molecule has 0 fully saturated rings. The second-order valence-electron chi connectivity index (χ2n) is 4.18. The van der Waals surface area contributed by atoms with E-state index in [9.17, 15) is 4.79 Å². The van der Waals surface area contributed by atoms with E-state index in [0.29, 0.717) is 11.4 Å². The first kappa shape index (κ1) is 12.7. The number of halogens is 2. The molecule has 0 saturated carbocycles. The van der Waals surface area contributed by atoms with Crippen LogP contribution in [0.5, 0.6) is 5.75 Å². The number of carbonyl (C=O) groups excluding carboxylic acids is 1. The minimum Gasteiger partial charge on any atom is -0.474 e. The number of fused-ring (bicyclic) bond motifs is 1. The molecule has 1 atom stereocenters.